The summed E-state index contributed by atoms with van der Waals surface area (Å²) >= 11 is 0. The van der Waals surface area contributed by atoms with E-state index in [0.29, 0.717) is 0 Å². The van der Waals surface area contributed by atoms with Crippen LogP contribution in [0.3, 0.4) is 0 Å². The molecule has 0 N–H and O–H groups in total. The minimum Gasteiger partial charge on any atom is -0.124 e. The predicted octanol–water partition coefficient (Wildman–Crippen LogP) is 11.7. The topological polar surface area (TPSA) is 0 Å². The van der Waals surface area contributed by atoms with Gasteiger partial charge in [-0.3, -0.25) is 0 Å². The number of benzene rings is 6. The molecule has 0 spiro atoms. The maximum Gasteiger partial charge on any atom is -0.00264 e. The summed E-state index contributed by atoms with van der Waals surface area (Å²) in [5.41, 5.74) is 10.1. The van der Waals surface area contributed by atoms with Crippen LogP contribution >= 0.6 is 0 Å². The van der Waals surface area contributed by atoms with Crippen LogP contribution in [0.25, 0.3) is 54.9 Å². The summed E-state index contributed by atoms with van der Waals surface area (Å²) < 4.78 is 0. The zero-order valence-electron chi connectivity index (χ0n) is 23.0. The Kier molecular flexibility index (Phi) is 9.36. The lowest BCUT2D eigenvalue weighted by Crippen LogP contribution is -1.92. The first-order chi connectivity index (χ1) is 19.7. The van der Waals surface area contributed by atoms with Gasteiger partial charge in [0, 0.05) is 0 Å². The molecule has 0 nitrogen and oxygen atoms in total. The first-order valence-corrected chi connectivity index (χ1v) is 13.5. The number of fused-ring (bicyclic) bond motifs is 2. The van der Waals surface area contributed by atoms with E-state index in [4.69, 9.17) is 0 Å². The number of allylic oxidation sites excluding steroid dienone is 4. The van der Waals surface area contributed by atoms with Gasteiger partial charge in [-0.25, -0.2) is 0 Å². The molecule has 0 bridgehead atoms. The molecule has 0 heterocycles. The summed E-state index contributed by atoms with van der Waals surface area (Å²) in [6.45, 7) is 4.41. The Labute approximate surface area is 245 Å². The quantitative estimate of drug-likeness (QED) is 0.119. The largest absolute Gasteiger partial charge is 0.124 e. The van der Waals surface area contributed by atoms with Gasteiger partial charge in [-0.1, -0.05) is 153 Å². The minimum atomic E-state index is 0. The van der Waals surface area contributed by atoms with Crippen LogP contribution in [-0.2, 0) is 0 Å². The average molecular weight is 529 g/mol. The van der Waals surface area contributed by atoms with Gasteiger partial charge in [0.25, 0.3) is 0 Å². The Morgan fingerprint density at radius 2 is 0.829 bits per heavy atom. The van der Waals surface area contributed by atoms with Gasteiger partial charge in [0.15, 0.2) is 0 Å². The molecule has 0 saturated heterocycles. The summed E-state index contributed by atoms with van der Waals surface area (Å²) in [5, 5.41) is 5.14. The van der Waals surface area contributed by atoms with Crippen LogP contribution < -0.4 is 0 Å². The zero-order valence-corrected chi connectivity index (χ0v) is 23.0. The standard InChI is InChI=1S/C38H30.C2H2.CH4/c1-27(29-13-5-3-6-14-29)21-22-28(2)37-33-17-9-11-19-35(33)38(36-20-12-10-18-34(36)37)32-25-23-31(24-26-32)30-15-7-4-8-16-30;1-2;/h3-26H,1-2H3;1-2H;1H4/b27-21+,28-22+;;. The molecule has 0 radical (unpaired) electrons. The highest BCUT2D eigenvalue weighted by Gasteiger charge is 2.16. The van der Waals surface area contributed by atoms with Crippen molar-refractivity contribution in [3.05, 3.63) is 157 Å². The molecule has 0 aliphatic heterocycles. The number of hydrogen-bond acceptors (Lipinski definition) is 0. The Morgan fingerprint density at radius 1 is 0.439 bits per heavy atom. The van der Waals surface area contributed by atoms with Crippen molar-refractivity contribution in [2.45, 2.75) is 21.3 Å². The molecule has 0 saturated carbocycles. The molecule has 0 heteroatoms. The van der Waals surface area contributed by atoms with Crippen LogP contribution in [-0.4, -0.2) is 0 Å². The molecule has 0 fully saturated rings. The molecule has 6 rings (SSSR count). The summed E-state index contributed by atoms with van der Waals surface area (Å²) in [5.74, 6) is 0. The zero-order chi connectivity index (χ0) is 27.9. The fraction of sp³-hybridized carbons (Fsp3) is 0.0732. The molecule has 0 unspecified atom stereocenters. The van der Waals surface area contributed by atoms with Crippen molar-refractivity contribution in [3.63, 3.8) is 0 Å². The van der Waals surface area contributed by atoms with Gasteiger partial charge in [0.05, 0.1) is 0 Å². The highest BCUT2D eigenvalue weighted by Crippen LogP contribution is 2.42. The Bertz CT molecular complexity index is 1770. The van der Waals surface area contributed by atoms with Gasteiger partial charge in [0.2, 0.25) is 0 Å². The second-order valence-electron chi connectivity index (χ2n) is 9.85. The molecule has 200 valence electrons. The highest BCUT2D eigenvalue weighted by atomic mass is 14.2. The van der Waals surface area contributed by atoms with Crippen molar-refractivity contribution in [2.75, 3.05) is 0 Å². The average Bonchev–Trinajstić information content (AvgIpc) is 3.04. The lowest BCUT2D eigenvalue weighted by molar-refractivity contribution is 1.56. The van der Waals surface area contributed by atoms with Gasteiger partial charge >= 0.3 is 0 Å². The van der Waals surface area contributed by atoms with Crippen molar-refractivity contribution in [3.8, 4) is 35.1 Å². The van der Waals surface area contributed by atoms with Gasteiger partial charge in [0.1, 0.15) is 0 Å². The minimum absolute atomic E-state index is 0. The lowest BCUT2D eigenvalue weighted by Gasteiger charge is -2.18. The van der Waals surface area contributed by atoms with Crippen LogP contribution in [0.2, 0.25) is 0 Å². The summed E-state index contributed by atoms with van der Waals surface area (Å²) in [7, 11) is 0. The number of hydrogen-bond donors (Lipinski definition) is 0. The maximum absolute atomic E-state index is 4.00. The second kappa shape index (κ2) is 13.3. The van der Waals surface area contributed by atoms with Crippen molar-refractivity contribution in [2.24, 2.45) is 0 Å². The van der Waals surface area contributed by atoms with Crippen LogP contribution in [0.4, 0.5) is 0 Å². The van der Waals surface area contributed by atoms with Gasteiger partial charge in [-0.2, -0.15) is 0 Å². The second-order valence-corrected chi connectivity index (χ2v) is 9.85. The fourth-order valence-corrected chi connectivity index (χ4v) is 5.45. The van der Waals surface area contributed by atoms with Gasteiger partial charge in [-0.05, 0) is 79.9 Å². The molecular formula is C41H36. The third-order valence-electron chi connectivity index (χ3n) is 7.42. The van der Waals surface area contributed by atoms with Gasteiger partial charge < -0.3 is 0 Å². The molecule has 0 amide bonds. The fourth-order valence-electron chi connectivity index (χ4n) is 5.45. The first-order valence-electron chi connectivity index (χ1n) is 13.5. The van der Waals surface area contributed by atoms with Crippen LogP contribution in [0.15, 0.2) is 146 Å². The number of terminal acetylenes is 1. The van der Waals surface area contributed by atoms with E-state index in [2.05, 4.69) is 172 Å². The van der Waals surface area contributed by atoms with E-state index in [1.807, 2.05) is 0 Å². The Hall–Kier alpha value is -5.12. The highest BCUT2D eigenvalue weighted by molar-refractivity contribution is 6.18. The van der Waals surface area contributed by atoms with E-state index in [1.54, 1.807) is 0 Å². The summed E-state index contributed by atoms with van der Waals surface area (Å²) in [6, 6.07) is 47.9. The maximum atomic E-state index is 4.00. The smallest absolute Gasteiger partial charge is 0.00264 e. The number of rotatable bonds is 5. The van der Waals surface area contributed by atoms with Crippen LogP contribution in [0.1, 0.15) is 32.4 Å². The van der Waals surface area contributed by atoms with E-state index in [0.717, 1.165) is 0 Å². The lowest BCUT2D eigenvalue weighted by atomic mass is 9.85. The van der Waals surface area contributed by atoms with E-state index in [9.17, 15) is 0 Å². The van der Waals surface area contributed by atoms with Crippen LogP contribution in [0.5, 0.6) is 0 Å². The molecule has 6 aromatic carbocycles. The Balaban J connectivity index is 0.00000126. The molecule has 41 heavy (non-hydrogen) atoms. The van der Waals surface area contributed by atoms with Crippen molar-refractivity contribution < 1.29 is 0 Å². The monoisotopic (exact) mass is 528 g/mol. The molecule has 0 atom stereocenters. The van der Waals surface area contributed by atoms with Crippen LogP contribution in [0, 0.1) is 12.8 Å². The third-order valence-corrected chi connectivity index (χ3v) is 7.42. The summed E-state index contributed by atoms with van der Waals surface area (Å²) in [4.78, 5) is 0. The molecule has 0 aliphatic rings. The molecule has 0 aliphatic carbocycles. The predicted molar refractivity (Wildman–Crippen MR) is 183 cm³/mol. The van der Waals surface area contributed by atoms with E-state index >= 15 is 0 Å². The third kappa shape index (κ3) is 5.91. The van der Waals surface area contributed by atoms with Crippen molar-refractivity contribution in [1.82, 2.24) is 0 Å². The molecular weight excluding hydrogens is 492 g/mol. The van der Waals surface area contributed by atoms with E-state index in [-0.39, 0.29) is 7.43 Å². The van der Waals surface area contributed by atoms with Crippen molar-refractivity contribution in [1.29, 1.82) is 0 Å². The summed E-state index contributed by atoms with van der Waals surface area (Å²) in [6.07, 6.45) is 12.5. The molecule has 0 aromatic heterocycles. The van der Waals surface area contributed by atoms with E-state index in [1.165, 1.54) is 66.1 Å². The van der Waals surface area contributed by atoms with Gasteiger partial charge in [-0.15, -0.1) is 12.8 Å². The first kappa shape index (κ1) is 28.9. The van der Waals surface area contributed by atoms with E-state index < -0.39 is 0 Å². The normalized spacial score (nSPS) is 11.4. The Morgan fingerprint density at radius 3 is 1.37 bits per heavy atom. The van der Waals surface area contributed by atoms with Crippen molar-refractivity contribution >= 4 is 32.7 Å². The SMILES string of the molecule is C.C#C.C/C(=C\C=C(/C)c1c2ccccc2c(-c2ccc(-c3ccccc3)cc2)c2ccccc12)c1ccccc1. The molecule has 6 aromatic rings.